The van der Waals surface area contributed by atoms with Crippen molar-refractivity contribution >= 4 is 17.4 Å². The molecule has 24 heavy (non-hydrogen) atoms. The fourth-order valence-electron chi connectivity index (χ4n) is 2.56. The molecule has 6 nitrogen and oxygen atoms in total. The third kappa shape index (κ3) is 3.05. The van der Waals surface area contributed by atoms with Crippen LogP contribution in [-0.4, -0.2) is 27.1 Å². The lowest BCUT2D eigenvalue weighted by Gasteiger charge is -2.07. The Balaban J connectivity index is 1.82. The number of rotatable bonds is 5. The Kier molecular flexibility index (Phi) is 4.40. The topological polar surface area (TPSA) is 70.2 Å². The van der Waals surface area contributed by atoms with E-state index in [1.54, 1.807) is 18.3 Å². The summed E-state index contributed by atoms with van der Waals surface area (Å²) < 4.78 is 12.5. The van der Waals surface area contributed by atoms with Gasteiger partial charge >= 0.3 is 0 Å². The van der Waals surface area contributed by atoms with Gasteiger partial charge in [-0.15, -0.1) is 0 Å². The molecule has 0 saturated carbocycles. The summed E-state index contributed by atoms with van der Waals surface area (Å²) in [6.45, 7) is 5.48. The molecule has 0 bridgehead atoms. The minimum atomic E-state index is -0.144. The molecular weight excluding hydrogens is 330 g/mol. The Morgan fingerprint density at radius 3 is 2.79 bits per heavy atom. The molecular formula is C17H16ClN3O3. The van der Waals surface area contributed by atoms with Crippen LogP contribution in [0.2, 0.25) is 5.15 Å². The van der Waals surface area contributed by atoms with E-state index in [0.717, 1.165) is 11.4 Å². The van der Waals surface area contributed by atoms with Crippen LogP contribution < -0.4 is 4.74 Å². The normalized spacial score (nSPS) is 10.8. The molecule has 124 valence electrons. The number of ketones is 1. The van der Waals surface area contributed by atoms with Gasteiger partial charge < -0.3 is 9.26 Å². The lowest BCUT2D eigenvalue weighted by molar-refractivity contribution is 0.0921. The number of Topliss-reactive ketones (excluding diaryl/α,β-unsaturated/α-hetero) is 1. The van der Waals surface area contributed by atoms with Crippen molar-refractivity contribution in [1.29, 1.82) is 0 Å². The molecule has 0 fully saturated rings. The van der Waals surface area contributed by atoms with Gasteiger partial charge in [0.2, 0.25) is 5.78 Å². The third-order valence-corrected chi connectivity index (χ3v) is 3.94. The molecule has 3 aromatic rings. The van der Waals surface area contributed by atoms with Crippen LogP contribution in [0.3, 0.4) is 0 Å². The van der Waals surface area contributed by atoms with Crippen LogP contribution in [0.25, 0.3) is 5.82 Å². The molecule has 0 aliphatic rings. The second-order valence-electron chi connectivity index (χ2n) is 5.42. The molecule has 0 unspecified atom stereocenters. The predicted octanol–water partition coefficient (Wildman–Crippen LogP) is 3.70. The van der Waals surface area contributed by atoms with Crippen LogP contribution in [0.1, 0.15) is 27.5 Å². The maximum absolute atomic E-state index is 12.5. The van der Waals surface area contributed by atoms with E-state index in [4.69, 9.17) is 20.9 Å². The number of nitrogens with zero attached hydrogens (tertiary/aromatic N) is 3. The average molecular weight is 346 g/mol. The third-order valence-electron chi connectivity index (χ3n) is 3.66. The van der Waals surface area contributed by atoms with E-state index in [0.29, 0.717) is 22.9 Å². The summed E-state index contributed by atoms with van der Waals surface area (Å²) in [5.41, 5.74) is 2.25. The van der Waals surface area contributed by atoms with Gasteiger partial charge in [0.1, 0.15) is 5.76 Å². The minimum Gasteiger partial charge on any atom is -0.482 e. The van der Waals surface area contributed by atoms with Gasteiger partial charge in [-0.25, -0.2) is 4.98 Å². The van der Waals surface area contributed by atoms with Crippen molar-refractivity contribution in [2.45, 2.75) is 20.8 Å². The number of hydrogen-bond donors (Lipinski definition) is 0. The van der Waals surface area contributed by atoms with Crippen molar-refractivity contribution in [2.75, 3.05) is 6.61 Å². The number of carbonyl (C=O) groups excluding carboxylic acids is 1. The summed E-state index contributed by atoms with van der Waals surface area (Å²) >= 11 is 5.93. The molecule has 0 aliphatic heterocycles. The van der Waals surface area contributed by atoms with Gasteiger partial charge in [0.25, 0.3) is 0 Å². The molecule has 0 spiro atoms. The Hall–Kier alpha value is -2.60. The summed E-state index contributed by atoms with van der Waals surface area (Å²) in [4.78, 5) is 16.4. The van der Waals surface area contributed by atoms with E-state index >= 15 is 0 Å². The quantitative estimate of drug-likeness (QED) is 0.521. The smallest absolute Gasteiger partial charge is 0.202 e. The van der Waals surface area contributed by atoms with Gasteiger partial charge in [-0.2, -0.15) is 0 Å². The van der Waals surface area contributed by atoms with Crippen molar-refractivity contribution < 1.29 is 14.1 Å². The second kappa shape index (κ2) is 6.49. The van der Waals surface area contributed by atoms with Crippen molar-refractivity contribution in [3.05, 3.63) is 58.3 Å². The fourth-order valence-corrected chi connectivity index (χ4v) is 2.73. The summed E-state index contributed by atoms with van der Waals surface area (Å²) in [6.07, 6.45) is 1.56. The summed E-state index contributed by atoms with van der Waals surface area (Å²) in [5, 5.41) is 4.24. The van der Waals surface area contributed by atoms with E-state index in [1.165, 1.54) is 0 Å². The standard InChI is InChI=1S/C17H16ClN3O3/c1-10-7-13(12(3)21(10)16-8-11(2)24-20-16)14(22)9-23-15-5-4-6-19-17(15)18/h4-8H,9H2,1-3H3. The van der Waals surface area contributed by atoms with Crippen LogP contribution >= 0.6 is 11.6 Å². The van der Waals surface area contributed by atoms with Crippen LogP contribution in [0.4, 0.5) is 0 Å². The Morgan fingerprint density at radius 2 is 2.12 bits per heavy atom. The summed E-state index contributed by atoms with van der Waals surface area (Å²) in [5.74, 6) is 1.60. The average Bonchev–Trinajstić information content (AvgIpc) is 3.09. The van der Waals surface area contributed by atoms with Crippen molar-refractivity contribution in [2.24, 2.45) is 0 Å². The highest BCUT2D eigenvalue weighted by Gasteiger charge is 2.19. The first kappa shape index (κ1) is 16.3. The number of aromatic nitrogens is 3. The highest BCUT2D eigenvalue weighted by molar-refractivity contribution is 6.30. The first-order valence-electron chi connectivity index (χ1n) is 7.36. The second-order valence-corrected chi connectivity index (χ2v) is 5.78. The van der Waals surface area contributed by atoms with Gasteiger partial charge in [-0.05, 0) is 39.0 Å². The van der Waals surface area contributed by atoms with Gasteiger partial charge in [0.05, 0.1) is 0 Å². The maximum Gasteiger partial charge on any atom is 0.202 e. The van der Waals surface area contributed by atoms with E-state index in [9.17, 15) is 4.79 Å². The highest BCUT2D eigenvalue weighted by Crippen LogP contribution is 2.23. The molecule has 3 heterocycles. The first-order valence-corrected chi connectivity index (χ1v) is 7.74. The molecule has 0 aliphatic carbocycles. The molecule has 0 saturated heterocycles. The molecule has 0 aromatic carbocycles. The number of halogens is 1. The number of aryl methyl sites for hydroxylation is 2. The fraction of sp³-hybridized carbons (Fsp3) is 0.235. The number of ether oxygens (including phenoxy) is 1. The molecule has 0 atom stereocenters. The Labute approximate surface area is 144 Å². The van der Waals surface area contributed by atoms with Gasteiger partial charge in [0, 0.05) is 29.2 Å². The lowest BCUT2D eigenvalue weighted by atomic mass is 10.1. The number of hydrogen-bond acceptors (Lipinski definition) is 5. The lowest BCUT2D eigenvalue weighted by Crippen LogP contribution is -2.13. The zero-order valence-corrected chi connectivity index (χ0v) is 14.3. The minimum absolute atomic E-state index is 0.118. The monoisotopic (exact) mass is 345 g/mol. The number of pyridine rings is 1. The van der Waals surface area contributed by atoms with Gasteiger partial charge in [-0.1, -0.05) is 16.8 Å². The molecule has 0 radical (unpaired) electrons. The first-order chi connectivity index (χ1) is 11.5. The van der Waals surface area contributed by atoms with E-state index in [-0.39, 0.29) is 17.5 Å². The Morgan fingerprint density at radius 1 is 1.33 bits per heavy atom. The van der Waals surface area contributed by atoms with Crippen molar-refractivity contribution in [3.63, 3.8) is 0 Å². The zero-order chi connectivity index (χ0) is 17.3. The highest BCUT2D eigenvalue weighted by atomic mass is 35.5. The molecule has 7 heteroatoms. The van der Waals surface area contributed by atoms with E-state index < -0.39 is 0 Å². The van der Waals surface area contributed by atoms with Crippen LogP contribution in [0, 0.1) is 20.8 Å². The summed E-state index contributed by atoms with van der Waals surface area (Å²) in [6, 6.07) is 7.00. The van der Waals surface area contributed by atoms with Crippen molar-refractivity contribution in [1.82, 2.24) is 14.7 Å². The van der Waals surface area contributed by atoms with E-state index in [2.05, 4.69) is 10.1 Å². The van der Waals surface area contributed by atoms with Gasteiger partial charge in [-0.3, -0.25) is 9.36 Å². The SMILES string of the molecule is Cc1cc(-n2c(C)cc(C(=O)COc3cccnc3Cl)c2C)no1. The molecule has 0 N–H and O–H groups in total. The molecule has 3 aromatic heterocycles. The predicted molar refractivity (Wildman–Crippen MR) is 89.1 cm³/mol. The maximum atomic E-state index is 12.5. The molecule has 3 rings (SSSR count). The summed E-state index contributed by atoms with van der Waals surface area (Å²) in [7, 11) is 0. The van der Waals surface area contributed by atoms with Crippen LogP contribution in [-0.2, 0) is 0 Å². The van der Waals surface area contributed by atoms with Crippen molar-refractivity contribution in [3.8, 4) is 11.6 Å². The Bertz CT molecular complexity index is 898. The number of carbonyl (C=O) groups is 1. The largest absolute Gasteiger partial charge is 0.482 e. The molecule has 0 amide bonds. The van der Waals surface area contributed by atoms with E-state index in [1.807, 2.05) is 37.5 Å². The van der Waals surface area contributed by atoms with Crippen LogP contribution in [0.5, 0.6) is 5.75 Å². The zero-order valence-electron chi connectivity index (χ0n) is 13.5. The van der Waals surface area contributed by atoms with Crippen LogP contribution in [0.15, 0.2) is 35.0 Å². The van der Waals surface area contributed by atoms with Gasteiger partial charge in [0.15, 0.2) is 23.3 Å².